The predicted octanol–water partition coefficient (Wildman–Crippen LogP) is 4.10. The van der Waals surface area contributed by atoms with E-state index >= 15 is 0 Å². The molecule has 0 aliphatic carbocycles. The number of rotatable bonds is 4. The standard InChI is InChI=1S/C15H16BrNO2/c1-10(2)12-5-3-11(4-6-12)9-17-15(18)13-7-8-19-14(13)16/h3-8,10H,9H2,1-2H3,(H,17,18). The number of carbonyl (C=O) groups excluding carboxylic acids is 1. The quantitative estimate of drug-likeness (QED) is 0.921. The molecule has 2 rings (SSSR count). The largest absolute Gasteiger partial charge is 0.457 e. The van der Waals surface area contributed by atoms with Crippen molar-refractivity contribution in [3.8, 4) is 0 Å². The Kier molecular flexibility index (Phi) is 4.43. The first-order chi connectivity index (χ1) is 9.08. The molecule has 1 aromatic carbocycles. The molecule has 0 unspecified atom stereocenters. The molecular weight excluding hydrogens is 306 g/mol. The minimum absolute atomic E-state index is 0.145. The van der Waals surface area contributed by atoms with Crippen molar-refractivity contribution in [3.63, 3.8) is 0 Å². The molecule has 0 saturated heterocycles. The lowest BCUT2D eigenvalue weighted by molar-refractivity contribution is 0.0949. The summed E-state index contributed by atoms with van der Waals surface area (Å²) in [5.41, 5.74) is 2.89. The first-order valence-electron chi connectivity index (χ1n) is 6.18. The highest BCUT2D eigenvalue weighted by Gasteiger charge is 2.11. The second-order valence-electron chi connectivity index (χ2n) is 4.69. The van der Waals surface area contributed by atoms with Gasteiger partial charge in [0.05, 0.1) is 11.8 Å². The number of furan rings is 1. The molecule has 3 nitrogen and oxygen atoms in total. The van der Waals surface area contributed by atoms with E-state index in [4.69, 9.17) is 4.42 Å². The SMILES string of the molecule is CC(C)c1ccc(CNC(=O)c2ccoc2Br)cc1. The second-order valence-corrected chi connectivity index (χ2v) is 5.41. The summed E-state index contributed by atoms with van der Waals surface area (Å²) in [6.45, 7) is 4.83. The fraction of sp³-hybridized carbons (Fsp3) is 0.267. The summed E-state index contributed by atoms with van der Waals surface area (Å²) < 4.78 is 5.49. The molecule has 2 aromatic rings. The fourth-order valence-corrected chi connectivity index (χ4v) is 2.17. The third-order valence-corrected chi connectivity index (χ3v) is 3.58. The highest BCUT2D eigenvalue weighted by atomic mass is 79.9. The summed E-state index contributed by atoms with van der Waals surface area (Å²) in [6, 6.07) is 9.92. The van der Waals surface area contributed by atoms with E-state index in [0.717, 1.165) is 5.56 Å². The summed E-state index contributed by atoms with van der Waals surface area (Å²) in [7, 11) is 0. The van der Waals surface area contributed by atoms with Gasteiger partial charge in [-0.25, -0.2) is 0 Å². The first-order valence-corrected chi connectivity index (χ1v) is 6.97. The minimum Gasteiger partial charge on any atom is -0.457 e. The zero-order chi connectivity index (χ0) is 13.8. The Labute approximate surface area is 121 Å². The van der Waals surface area contributed by atoms with Gasteiger partial charge in [-0.3, -0.25) is 4.79 Å². The molecule has 0 radical (unpaired) electrons. The van der Waals surface area contributed by atoms with Crippen LogP contribution in [0.5, 0.6) is 0 Å². The van der Waals surface area contributed by atoms with Crippen LogP contribution in [0.3, 0.4) is 0 Å². The van der Waals surface area contributed by atoms with Crippen molar-refractivity contribution < 1.29 is 9.21 Å². The normalized spacial score (nSPS) is 10.7. The zero-order valence-corrected chi connectivity index (χ0v) is 12.5. The number of nitrogens with one attached hydrogen (secondary N) is 1. The maximum absolute atomic E-state index is 11.9. The van der Waals surface area contributed by atoms with Crippen molar-refractivity contribution in [2.45, 2.75) is 26.3 Å². The van der Waals surface area contributed by atoms with Crippen molar-refractivity contribution in [1.82, 2.24) is 5.32 Å². The summed E-state index contributed by atoms with van der Waals surface area (Å²) in [5, 5.41) is 2.86. The van der Waals surface area contributed by atoms with Crippen molar-refractivity contribution in [2.75, 3.05) is 0 Å². The van der Waals surface area contributed by atoms with Gasteiger partial charge in [0.15, 0.2) is 4.67 Å². The number of benzene rings is 1. The van der Waals surface area contributed by atoms with Gasteiger partial charge in [-0.2, -0.15) is 0 Å². The third-order valence-electron chi connectivity index (χ3n) is 2.96. The second kappa shape index (κ2) is 6.06. The van der Waals surface area contributed by atoms with Crippen LogP contribution in [0.4, 0.5) is 0 Å². The smallest absolute Gasteiger partial charge is 0.256 e. The van der Waals surface area contributed by atoms with E-state index in [1.54, 1.807) is 6.07 Å². The van der Waals surface area contributed by atoms with E-state index in [-0.39, 0.29) is 5.91 Å². The van der Waals surface area contributed by atoms with Gasteiger partial charge >= 0.3 is 0 Å². The maximum atomic E-state index is 11.9. The fourth-order valence-electron chi connectivity index (χ4n) is 1.75. The number of carbonyl (C=O) groups is 1. The lowest BCUT2D eigenvalue weighted by Crippen LogP contribution is -2.22. The average Bonchev–Trinajstić information content (AvgIpc) is 2.83. The Morgan fingerprint density at radius 1 is 1.26 bits per heavy atom. The Bertz CT molecular complexity index is 558. The van der Waals surface area contributed by atoms with Crippen LogP contribution in [0.15, 0.2) is 45.7 Å². The van der Waals surface area contributed by atoms with Gasteiger partial charge in [-0.05, 0) is 39.0 Å². The van der Waals surface area contributed by atoms with Gasteiger partial charge in [-0.15, -0.1) is 0 Å². The molecule has 1 amide bonds. The monoisotopic (exact) mass is 321 g/mol. The van der Waals surface area contributed by atoms with E-state index in [0.29, 0.717) is 22.7 Å². The lowest BCUT2D eigenvalue weighted by Gasteiger charge is -2.08. The number of halogens is 1. The Morgan fingerprint density at radius 2 is 1.95 bits per heavy atom. The topological polar surface area (TPSA) is 42.2 Å². The van der Waals surface area contributed by atoms with Crippen LogP contribution in [0.25, 0.3) is 0 Å². The van der Waals surface area contributed by atoms with Crippen LogP contribution in [-0.4, -0.2) is 5.91 Å². The third kappa shape index (κ3) is 3.47. The minimum atomic E-state index is -0.145. The average molecular weight is 322 g/mol. The molecular formula is C15H16BrNO2. The first kappa shape index (κ1) is 13.9. The number of hydrogen-bond acceptors (Lipinski definition) is 2. The van der Waals surface area contributed by atoms with Crippen LogP contribution in [0.1, 0.15) is 41.3 Å². The summed E-state index contributed by atoms with van der Waals surface area (Å²) in [4.78, 5) is 11.9. The molecule has 0 fully saturated rings. The molecule has 1 N–H and O–H groups in total. The van der Waals surface area contributed by atoms with E-state index in [9.17, 15) is 4.79 Å². The highest BCUT2D eigenvalue weighted by molar-refractivity contribution is 9.10. The highest BCUT2D eigenvalue weighted by Crippen LogP contribution is 2.18. The molecule has 0 spiro atoms. The Morgan fingerprint density at radius 3 is 2.47 bits per heavy atom. The van der Waals surface area contributed by atoms with E-state index in [1.165, 1.54) is 11.8 Å². The molecule has 1 aromatic heterocycles. The molecule has 0 bridgehead atoms. The van der Waals surface area contributed by atoms with Gasteiger partial charge in [-0.1, -0.05) is 38.1 Å². The Hall–Kier alpha value is -1.55. The maximum Gasteiger partial charge on any atom is 0.256 e. The molecule has 1 heterocycles. The summed E-state index contributed by atoms with van der Waals surface area (Å²) in [6.07, 6.45) is 1.48. The van der Waals surface area contributed by atoms with Crippen LogP contribution in [0.2, 0.25) is 0 Å². The van der Waals surface area contributed by atoms with Gasteiger partial charge in [0.25, 0.3) is 5.91 Å². The summed E-state index contributed by atoms with van der Waals surface area (Å²) in [5.74, 6) is 0.374. The van der Waals surface area contributed by atoms with Crippen molar-refractivity contribution in [1.29, 1.82) is 0 Å². The van der Waals surface area contributed by atoms with E-state index < -0.39 is 0 Å². The van der Waals surface area contributed by atoms with Gasteiger partial charge < -0.3 is 9.73 Å². The number of hydrogen-bond donors (Lipinski definition) is 1. The van der Waals surface area contributed by atoms with Crippen molar-refractivity contribution in [3.05, 3.63) is 58.0 Å². The molecule has 4 heteroatoms. The van der Waals surface area contributed by atoms with E-state index in [1.807, 2.05) is 12.1 Å². The molecule has 100 valence electrons. The van der Waals surface area contributed by atoms with Crippen LogP contribution in [0, 0.1) is 0 Å². The molecule has 0 saturated carbocycles. The molecule has 0 aliphatic rings. The lowest BCUT2D eigenvalue weighted by atomic mass is 10.0. The molecule has 19 heavy (non-hydrogen) atoms. The van der Waals surface area contributed by atoms with Crippen molar-refractivity contribution in [2.24, 2.45) is 0 Å². The Balaban J connectivity index is 1.95. The van der Waals surface area contributed by atoms with Crippen LogP contribution in [-0.2, 0) is 6.54 Å². The zero-order valence-electron chi connectivity index (χ0n) is 10.9. The van der Waals surface area contributed by atoms with Crippen molar-refractivity contribution >= 4 is 21.8 Å². The summed E-state index contributed by atoms with van der Waals surface area (Å²) >= 11 is 3.19. The van der Waals surface area contributed by atoms with Crippen LogP contribution >= 0.6 is 15.9 Å². The van der Waals surface area contributed by atoms with Gasteiger partial charge in [0.2, 0.25) is 0 Å². The molecule has 0 atom stereocenters. The van der Waals surface area contributed by atoms with Crippen LogP contribution < -0.4 is 5.32 Å². The molecule has 0 aliphatic heterocycles. The van der Waals surface area contributed by atoms with Gasteiger partial charge in [0.1, 0.15) is 0 Å². The van der Waals surface area contributed by atoms with E-state index in [2.05, 4.69) is 47.2 Å². The number of amides is 1. The van der Waals surface area contributed by atoms with Gasteiger partial charge in [0, 0.05) is 6.54 Å². The predicted molar refractivity (Wildman–Crippen MR) is 78.1 cm³/mol.